The van der Waals surface area contributed by atoms with Gasteiger partial charge in [-0.25, -0.2) is 0 Å². The molecule has 0 bridgehead atoms. The Balaban J connectivity index is 2.65. The van der Waals surface area contributed by atoms with Crippen molar-refractivity contribution in [1.29, 1.82) is 0 Å². The molecule has 0 heterocycles. The maximum absolute atomic E-state index is 9.53. The summed E-state index contributed by atoms with van der Waals surface area (Å²) in [6, 6.07) is 9.86. The van der Waals surface area contributed by atoms with Gasteiger partial charge in [0.15, 0.2) is 0 Å². The molecule has 0 aromatic heterocycles. The molecular formula is C15H25NO2. The number of aliphatic hydroxyl groups excluding tert-OH is 2. The Bertz CT molecular complexity index is 314. The number of aliphatic hydroxyl groups is 2. The normalized spacial score (nSPS) is 13.6. The van der Waals surface area contributed by atoms with E-state index in [9.17, 15) is 10.2 Å². The fraction of sp³-hybridized carbons (Fsp3) is 0.600. The molecule has 18 heavy (non-hydrogen) atoms. The van der Waals surface area contributed by atoms with Crippen LogP contribution in [0.2, 0.25) is 0 Å². The zero-order chi connectivity index (χ0) is 13.4. The first-order valence-corrected chi connectivity index (χ1v) is 6.71. The molecule has 1 rings (SSSR count). The Kier molecular flexibility index (Phi) is 6.33. The molecule has 1 aromatic carbocycles. The van der Waals surface area contributed by atoms with Crippen LogP contribution in [0.3, 0.4) is 0 Å². The molecule has 0 aliphatic rings. The van der Waals surface area contributed by atoms with Gasteiger partial charge < -0.3 is 15.5 Å². The summed E-state index contributed by atoms with van der Waals surface area (Å²) < 4.78 is 0. The van der Waals surface area contributed by atoms with E-state index in [1.807, 2.05) is 30.3 Å². The third-order valence-electron chi connectivity index (χ3n) is 3.94. The summed E-state index contributed by atoms with van der Waals surface area (Å²) in [6.45, 7) is 5.16. The molecule has 0 saturated carbocycles. The van der Waals surface area contributed by atoms with Crippen molar-refractivity contribution in [3.05, 3.63) is 35.9 Å². The molecule has 0 amide bonds. The van der Waals surface area contributed by atoms with Gasteiger partial charge in [0, 0.05) is 18.6 Å². The zero-order valence-electron chi connectivity index (χ0n) is 11.4. The van der Waals surface area contributed by atoms with Gasteiger partial charge >= 0.3 is 0 Å². The molecule has 0 radical (unpaired) electrons. The van der Waals surface area contributed by atoms with Crippen LogP contribution in [0.25, 0.3) is 0 Å². The van der Waals surface area contributed by atoms with Crippen molar-refractivity contribution in [1.82, 2.24) is 5.32 Å². The third-order valence-corrected chi connectivity index (χ3v) is 3.94. The van der Waals surface area contributed by atoms with E-state index in [2.05, 4.69) is 19.2 Å². The van der Waals surface area contributed by atoms with E-state index in [1.165, 1.54) is 0 Å². The number of rotatable bonds is 8. The molecule has 3 N–H and O–H groups in total. The van der Waals surface area contributed by atoms with Crippen molar-refractivity contribution in [2.45, 2.75) is 32.7 Å². The smallest absolute Gasteiger partial charge is 0.0626 e. The highest BCUT2D eigenvalue weighted by atomic mass is 16.3. The lowest BCUT2D eigenvalue weighted by Gasteiger charge is -2.31. The zero-order valence-corrected chi connectivity index (χ0v) is 11.4. The SMILES string of the molecule is CCC(CC)(CO)CN[C@H](CO)c1ccccc1. The van der Waals surface area contributed by atoms with Crippen LogP contribution in [-0.2, 0) is 0 Å². The molecule has 3 nitrogen and oxygen atoms in total. The number of nitrogens with one attached hydrogen (secondary N) is 1. The molecule has 1 atom stereocenters. The molecule has 0 aliphatic carbocycles. The van der Waals surface area contributed by atoms with E-state index in [4.69, 9.17) is 0 Å². The Hall–Kier alpha value is -0.900. The van der Waals surface area contributed by atoms with Crippen molar-refractivity contribution in [3.8, 4) is 0 Å². The largest absolute Gasteiger partial charge is 0.396 e. The highest BCUT2D eigenvalue weighted by Gasteiger charge is 2.26. The van der Waals surface area contributed by atoms with Crippen LogP contribution < -0.4 is 5.32 Å². The average Bonchev–Trinajstić information content (AvgIpc) is 2.45. The van der Waals surface area contributed by atoms with Gasteiger partial charge in [0.05, 0.1) is 12.6 Å². The van der Waals surface area contributed by atoms with Crippen LogP contribution in [0, 0.1) is 5.41 Å². The summed E-state index contributed by atoms with van der Waals surface area (Å²) in [4.78, 5) is 0. The predicted molar refractivity (Wildman–Crippen MR) is 74.4 cm³/mol. The lowest BCUT2D eigenvalue weighted by Crippen LogP contribution is -2.39. The molecule has 3 heteroatoms. The topological polar surface area (TPSA) is 52.5 Å². The second-order valence-electron chi connectivity index (χ2n) is 4.89. The molecule has 0 spiro atoms. The number of benzene rings is 1. The molecule has 0 aliphatic heterocycles. The molecular weight excluding hydrogens is 226 g/mol. The lowest BCUT2D eigenvalue weighted by atomic mass is 9.83. The van der Waals surface area contributed by atoms with E-state index >= 15 is 0 Å². The minimum atomic E-state index is -0.0812. The van der Waals surface area contributed by atoms with Crippen molar-refractivity contribution in [3.63, 3.8) is 0 Å². The number of hydrogen-bond acceptors (Lipinski definition) is 3. The van der Waals surface area contributed by atoms with Crippen LogP contribution in [0.4, 0.5) is 0 Å². The van der Waals surface area contributed by atoms with Gasteiger partial charge in [-0.1, -0.05) is 44.2 Å². The van der Waals surface area contributed by atoms with Gasteiger partial charge in [-0.2, -0.15) is 0 Å². The molecule has 1 aromatic rings. The van der Waals surface area contributed by atoms with E-state index in [1.54, 1.807) is 0 Å². The summed E-state index contributed by atoms with van der Waals surface area (Å²) in [5.74, 6) is 0. The first-order chi connectivity index (χ1) is 8.71. The molecule has 0 fully saturated rings. The Morgan fingerprint density at radius 2 is 1.72 bits per heavy atom. The second kappa shape index (κ2) is 7.52. The molecule has 102 valence electrons. The van der Waals surface area contributed by atoms with E-state index in [0.717, 1.165) is 24.9 Å². The minimum Gasteiger partial charge on any atom is -0.396 e. The molecule has 0 unspecified atom stereocenters. The first kappa shape index (κ1) is 15.2. The van der Waals surface area contributed by atoms with Crippen molar-refractivity contribution in [2.24, 2.45) is 5.41 Å². The third kappa shape index (κ3) is 3.80. The number of hydrogen-bond donors (Lipinski definition) is 3. The Morgan fingerprint density at radius 3 is 2.17 bits per heavy atom. The summed E-state index contributed by atoms with van der Waals surface area (Å²) in [5.41, 5.74) is 1.00. The fourth-order valence-electron chi connectivity index (χ4n) is 2.09. The Labute approximate surface area is 110 Å². The summed E-state index contributed by atoms with van der Waals surface area (Å²) in [6.07, 6.45) is 1.86. The average molecular weight is 251 g/mol. The van der Waals surface area contributed by atoms with Gasteiger partial charge in [-0.05, 0) is 18.4 Å². The summed E-state index contributed by atoms with van der Waals surface area (Å²) in [5, 5.41) is 22.4. The lowest BCUT2D eigenvalue weighted by molar-refractivity contribution is 0.105. The highest BCUT2D eigenvalue weighted by molar-refractivity contribution is 5.18. The standard InChI is InChI=1S/C15H25NO2/c1-3-15(4-2,12-18)11-16-14(10-17)13-8-6-5-7-9-13/h5-9,14,16-18H,3-4,10-12H2,1-2H3/t14-/m1/s1. The van der Waals surface area contributed by atoms with E-state index in [0.29, 0.717) is 0 Å². The maximum atomic E-state index is 9.53. The van der Waals surface area contributed by atoms with Gasteiger partial charge in [0.2, 0.25) is 0 Å². The van der Waals surface area contributed by atoms with E-state index < -0.39 is 0 Å². The molecule has 0 saturated heterocycles. The fourth-order valence-corrected chi connectivity index (χ4v) is 2.09. The highest BCUT2D eigenvalue weighted by Crippen LogP contribution is 2.25. The predicted octanol–water partition coefficient (Wildman–Crippen LogP) is 2.11. The van der Waals surface area contributed by atoms with Crippen molar-refractivity contribution >= 4 is 0 Å². The van der Waals surface area contributed by atoms with Crippen LogP contribution in [0.1, 0.15) is 38.3 Å². The van der Waals surface area contributed by atoms with Crippen molar-refractivity contribution in [2.75, 3.05) is 19.8 Å². The van der Waals surface area contributed by atoms with E-state index in [-0.39, 0.29) is 24.7 Å². The second-order valence-corrected chi connectivity index (χ2v) is 4.89. The van der Waals surface area contributed by atoms with Crippen molar-refractivity contribution < 1.29 is 10.2 Å². The van der Waals surface area contributed by atoms with Crippen LogP contribution in [0.15, 0.2) is 30.3 Å². The maximum Gasteiger partial charge on any atom is 0.0626 e. The Morgan fingerprint density at radius 1 is 1.11 bits per heavy atom. The quantitative estimate of drug-likeness (QED) is 0.663. The van der Waals surface area contributed by atoms with Crippen LogP contribution >= 0.6 is 0 Å². The first-order valence-electron chi connectivity index (χ1n) is 6.71. The van der Waals surface area contributed by atoms with Crippen LogP contribution in [0.5, 0.6) is 0 Å². The van der Waals surface area contributed by atoms with Gasteiger partial charge in [-0.15, -0.1) is 0 Å². The summed E-state index contributed by atoms with van der Waals surface area (Å²) in [7, 11) is 0. The monoisotopic (exact) mass is 251 g/mol. The van der Waals surface area contributed by atoms with Gasteiger partial charge in [0.25, 0.3) is 0 Å². The van der Waals surface area contributed by atoms with Gasteiger partial charge in [-0.3, -0.25) is 0 Å². The van der Waals surface area contributed by atoms with Crippen LogP contribution in [-0.4, -0.2) is 30.0 Å². The van der Waals surface area contributed by atoms with Gasteiger partial charge in [0.1, 0.15) is 0 Å². The minimum absolute atomic E-state index is 0.0600. The summed E-state index contributed by atoms with van der Waals surface area (Å²) >= 11 is 0.